The summed E-state index contributed by atoms with van der Waals surface area (Å²) < 4.78 is 0. The van der Waals surface area contributed by atoms with Gasteiger partial charge in [-0.25, -0.2) is 5.43 Å². The largest absolute Gasteiger partial charge is 0.329 e. The number of aromatic nitrogens is 1. The van der Waals surface area contributed by atoms with Crippen LogP contribution < -0.4 is 10.7 Å². The third-order valence-corrected chi connectivity index (χ3v) is 3.08. The van der Waals surface area contributed by atoms with Crippen molar-refractivity contribution in [1.82, 2.24) is 10.4 Å². The summed E-state index contributed by atoms with van der Waals surface area (Å²) in [5.74, 6) is -1.73. The molecule has 1 aromatic heterocycles. The molecule has 2 amide bonds. The second kappa shape index (κ2) is 7.33. The van der Waals surface area contributed by atoms with Gasteiger partial charge in [0.15, 0.2) is 0 Å². The van der Waals surface area contributed by atoms with E-state index in [4.69, 9.17) is 11.6 Å². The fourth-order valence-corrected chi connectivity index (χ4v) is 1.77. The second-order valence-electron chi connectivity index (χ2n) is 4.31. The molecule has 112 valence electrons. The van der Waals surface area contributed by atoms with E-state index in [1.165, 1.54) is 0 Å². The van der Waals surface area contributed by atoms with Crippen molar-refractivity contribution in [3.8, 4) is 0 Å². The van der Waals surface area contributed by atoms with Crippen LogP contribution in [0.2, 0.25) is 5.02 Å². The summed E-state index contributed by atoms with van der Waals surface area (Å²) in [6, 6.07) is 10.1. The molecule has 2 aromatic rings. The number of rotatable bonds is 3. The topological polar surface area (TPSA) is 83.5 Å². The van der Waals surface area contributed by atoms with Gasteiger partial charge in [-0.2, -0.15) is 5.10 Å². The molecule has 0 bridgehead atoms. The SMILES string of the molecule is C/C(=N\NC(=O)C(=O)Nc1ccccc1Cl)c1ccncc1. The Hall–Kier alpha value is -2.73. The van der Waals surface area contributed by atoms with E-state index < -0.39 is 11.8 Å². The number of hydrogen-bond acceptors (Lipinski definition) is 4. The van der Waals surface area contributed by atoms with Gasteiger partial charge >= 0.3 is 11.8 Å². The molecule has 0 radical (unpaired) electrons. The summed E-state index contributed by atoms with van der Waals surface area (Å²) >= 11 is 5.90. The van der Waals surface area contributed by atoms with E-state index in [1.54, 1.807) is 55.7 Å². The number of para-hydroxylation sites is 1. The first-order chi connectivity index (χ1) is 10.6. The summed E-state index contributed by atoms with van der Waals surface area (Å²) in [5, 5.41) is 6.63. The molecule has 1 aromatic carbocycles. The van der Waals surface area contributed by atoms with Crippen molar-refractivity contribution in [3.05, 3.63) is 59.4 Å². The highest BCUT2D eigenvalue weighted by molar-refractivity contribution is 6.41. The molecule has 0 unspecified atom stereocenters. The van der Waals surface area contributed by atoms with Crippen LogP contribution in [0.3, 0.4) is 0 Å². The maximum atomic E-state index is 11.8. The van der Waals surface area contributed by atoms with Crippen LogP contribution in [0.25, 0.3) is 0 Å². The Morgan fingerprint density at radius 2 is 1.77 bits per heavy atom. The summed E-state index contributed by atoms with van der Waals surface area (Å²) in [6.45, 7) is 1.71. The Kier molecular flexibility index (Phi) is 5.21. The van der Waals surface area contributed by atoms with Gasteiger partial charge in [-0.3, -0.25) is 14.6 Å². The van der Waals surface area contributed by atoms with Crippen LogP contribution in [-0.2, 0) is 9.59 Å². The number of nitrogens with zero attached hydrogens (tertiary/aromatic N) is 2. The van der Waals surface area contributed by atoms with Crippen LogP contribution in [-0.4, -0.2) is 22.5 Å². The summed E-state index contributed by atoms with van der Waals surface area (Å²) in [6.07, 6.45) is 3.22. The average molecular weight is 317 g/mol. The van der Waals surface area contributed by atoms with E-state index >= 15 is 0 Å². The predicted molar refractivity (Wildman–Crippen MR) is 84.7 cm³/mol. The molecular weight excluding hydrogens is 304 g/mol. The van der Waals surface area contributed by atoms with Crippen molar-refractivity contribution < 1.29 is 9.59 Å². The number of carbonyl (C=O) groups is 2. The molecule has 0 fully saturated rings. The van der Waals surface area contributed by atoms with Gasteiger partial charge in [0.2, 0.25) is 0 Å². The quantitative estimate of drug-likeness (QED) is 0.517. The number of hydrazone groups is 1. The lowest BCUT2D eigenvalue weighted by atomic mass is 10.2. The van der Waals surface area contributed by atoms with Crippen LogP contribution >= 0.6 is 11.6 Å². The number of benzene rings is 1. The lowest BCUT2D eigenvalue weighted by molar-refractivity contribution is -0.136. The minimum absolute atomic E-state index is 0.347. The van der Waals surface area contributed by atoms with E-state index in [9.17, 15) is 9.59 Å². The third-order valence-electron chi connectivity index (χ3n) is 2.75. The van der Waals surface area contributed by atoms with Crippen molar-refractivity contribution >= 4 is 34.8 Å². The lowest BCUT2D eigenvalue weighted by Crippen LogP contribution is -2.33. The highest BCUT2D eigenvalue weighted by Crippen LogP contribution is 2.20. The molecule has 2 rings (SSSR count). The number of carbonyl (C=O) groups excluding carboxylic acids is 2. The van der Waals surface area contributed by atoms with Crippen molar-refractivity contribution in [2.45, 2.75) is 6.92 Å². The van der Waals surface area contributed by atoms with Crippen LogP contribution in [0.5, 0.6) is 0 Å². The van der Waals surface area contributed by atoms with E-state index in [-0.39, 0.29) is 0 Å². The molecular formula is C15H13ClN4O2. The lowest BCUT2D eigenvalue weighted by Gasteiger charge is -2.06. The highest BCUT2D eigenvalue weighted by atomic mass is 35.5. The first-order valence-corrected chi connectivity index (χ1v) is 6.76. The van der Waals surface area contributed by atoms with Crippen molar-refractivity contribution in [2.75, 3.05) is 5.32 Å². The third kappa shape index (κ3) is 4.13. The molecule has 0 atom stereocenters. The highest BCUT2D eigenvalue weighted by Gasteiger charge is 2.14. The standard InChI is InChI=1S/C15H13ClN4O2/c1-10(11-6-8-17-9-7-11)19-20-15(22)14(21)18-13-5-3-2-4-12(13)16/h2-9H,1H3,(H,18,21)(H,20,22)/b19-10+. The van der Waals surface area contributed by atoms with Crippen molar-refractivity contribution in [2.24, 2.45) is 5.10 Å². The van der Waals surface area contributed by atoms with E-state index in [0.29, 0.717) is 16.4 Å². The number of pyridine rings is 1. The zero-order chi connectivity index (χ0) is 15.9. The Bertz CT molecular complexity index is 716. The first kappa shape index (κ1) is 15.7. The normalized spacial score (nSPS) is 10.9. The summed E-state index contributed by atoms with van der Waals surface area (Å²) in [7, 11) is 0. The molecule has 1 heterocycles. The Morgan fingerprint density at radius 1 is 1.09 bits per heavy atom. The Labute approximate surface area is 132 Å². The van der Waals surface area contributed by atoms with Gasteiger partial charge in [0.05, 0.1) is 16.4 Å². The fraction of sp³-hybridized carbons (Fsp3) is 0.0667. The minimum atomic E-state index is -0.881. The van der Waals surface area contributed by atoms with E-state index in [1.807, 2.05) is 0 Å². The minimum Gasteiger partial charge on any atom is -0.316 e. The maximum absolute atomic E-state index is 11.8. The number of anilines is 1. The number of halogens is 1. The van der Waals surface area contributed by atoms with Gasteiger partial charge in [-0.05, 0) is 31.2 Å². The van der Waals surface area contributed by atoms with Gasteiger partial charge < -0.3 is 5.32 Å². The number of hydrogen-bond donors (Lipinski definition) is 2. The average Bonchev–Trinajstić information content (AvgIpc) is 2.55. The van der Waals surface area contributed by atoms with Crippen LogP contribution in [0.4, 0.5) is 5.69 Å². The molecule has 0 saturated heterocycles. The summed E-state index contributed by atoms with van der Waals surface area (Å²) in [4.78, 5) is 27.3. The second-order valence-corrected chi connectivity index (χ2v) is 4.72. The molecule has 0 aliphatic heterocycles. The first-order valence-electron chi connectivity index (χ1n) is 6.38. The monoisotopic (exact) mass is 316 g/mol. The summed E-state index contributed by atoms with van der Waals surface area (Å²) in [5.41, 5.74) is 3.90. The molecule has 0 aliphatic carbocycles. The number of nitrogens with one attached hydrogen (secondary N) is 2. The van der Waals surface area contributed by atoms with Gasteiger partial charge in [-0.1, -0.05) is 23.7 Å². The van der Waals surface area contributed by atoms with Gasteiger partial charge in [0, 0.05) is 18.0 Å². The Balaban J connectivity index is 1.97. The Morgan fingerprint density at radius 3 is 2.45 bits per heavy atom. The van der Waals surface area contributed by atoms with Crippen molar-refractivity contribution in [1.29, 1.82) is 0 Å². The predicted octanol–water partition coefficient (Wildman–Crippen LogP) is 2.21. The molecule has 7 heteroatoms. The smallest absolute Gasteiger partial charge is 0.316 e. The van der Waals surface area contributed by atoms with E-state index in [2.05, 4.69) is 20.8 Å². The van der Waals surface area contributed by atoms with E-state index in [0.717, 1.165) is 5.56 Å². The van der Waals surface area contributed by atoms with Gasteiger partial charge in [0.25, 0.3) is 0 Å². The fourth-order valence-electron chi connectivity index (χ4n) is 1.58. The molecule has 0 spiro atoms. The number of amides is 2. The molecule has 0 saturated carbocycles. The molecule has 2 N–H and O–H groups in total. The molecule has 0 aliphatic rings. The zero-order valence-electron chi connectivity index (χ0n) is 11.7. The maximum Gasteiger partial charge on any atom is 0.329 e. The van der Waals surface area contributed by atoms with Crippen LogP contribution in [0, 0.1) is 0 Å². The zero-order valence-corrected chi connectivity index (χ0v) is 12.5. The molecule has 6 nitrogen and oxygen atoms in total. The van der Waals surface area contributed by atoms with Crippen LogP contribution in [0.15, 0.2) is 53.9 Å². The van der Waals surface area contributed by atoms with Gasteiger partial charge in [0.1, 0.15) is 0 Å². The van der Waals surface area contributed by atoms with Gasteiger partial charge in [-0.15, -0.1) is 0 Å². The van der Waals surface area contributed by atoms with Crippen molar-refractivity contribution in [3.63, 3.8) is 0 Å². The van der Waals surface area contributed by atoms with Crippen LogP contribution in [0.1, 0.15) is 12.5 Å². The molecule has 22 heavy (non-hydrogen) atoms.